The molecule has 4 aromatic rings. The first-order chi connectivity index (χ1) is 18.3. The van der Waals surface area contributed by atoms with Crippen LogP contribution in [0.25, 0.3) is 0 Å². The zero-order valence-electron chi connectivity index (χ0n) is 21.3. The summed E-state index contributed by atoms with van der Waals surface area (Å²) in [5, 5.41) is 3.26. The number of benzene rings is 3. The number of rotatable bonds is 10. The molecule has 5 rings (SSSR count). The van der Waals surface area contributed by atoms with Gasteiger partial charge in [0.15, 0.2) is 0 Å². The predicted octanol–water partition coefficient (Wildman–Crippen LogP) is 5.62. The number of hydrogen-bond donors (Lipinski definition) is 1. The molecule has 0 aliphatic carbocycles. The molecule has 188 valence electrons. The Kier molecular flexibility index (Phi) is 7.92. The molecule has 5 heteroatoms. The number of anilines is 2. The van der Waals surface area contributed by atoms with E-state index in [1.54, 1.807) is 0 Å². The van der Waals surface area contributed by atoms with E-state index in [-0.39, 0.29) is 5.41 Å². The van der Waals surface area contributed by atoms with Crippen molar-refractivity contribution >= 4 is 11.8 Å². The Morgan fingerprint density at radius 1 is 0.757 bits per heavy atom. The third kappa shape index (κ3) is 5.57. The van der Waals surface area contributed by atoms with Crippen molar-refractivity contribution in [3.63, 3.8) is 0 Å². The largest absolute Gasteiger partial charge is 0.366 e. The minimum absolute atomic E-state index is 0.213. The maximum Gasteiger partial charge on any atom is 0.227 e. The molecule has 0 amide bonds. The molecule has 5 nitrogen and oxygen atoms in total. The van der Waals surface area contributed by atoms with Gasteiger partial charge < -0.3 is 10.2 Å². The van der Waals surface area contributed by atoms with Crippen molar-refractivity contribution in [2.24, 2.45) is 0 Å². The van der Waals surface area contributed by atoms with Gasteiger partial charge in [0.2, 0.25) is 5.95 Å². The molecule has 1 saturated heterocycles. The third-order valence-corrected chi connectivity index (χ3v) is 7.33. The van der Waals surface area contributed by atoms with Crippen molar-refractivity contribution in [3.05, 3.63) is 133 Å². The van der Waals surface area contributed by atoms with Gasteiger partial charge in [-0.2, -0.15) is 4.98 Å². The molecule has 37 heavy (non-hydrogen) atoms. The molecule has 3 aromatic carbocycles. The molecule has 1 fully saturated rings. The molecule has 0 bridgehead atoms. The first-order valence-electron chi connectivity index (χ1n) is 13.1. The summed E-state index contributed by atoms with van der Waals surface area (Å²) in [6, 6.07) is 34.9. The smallest absolute Gasteiger partial charge is 0.227 e. The summed E-state index contributed by atoms with van der Waals surface area (Å²) in [7, 11) is 0. The highest BCUT2D eigenvalue weighted by molar-refractivity contribution is 5.50. The molecule has 1 aliphatic rings. The van der Waals surface area contributed by atoms with E-state index in [1.165, 1.54) is 16.7 Å². The second kappa shape index (κ2) is 11.8. The van der Waals surface area contributed by atoms with E-state index < -0.39 is 0 Å². The third-order valence-electron chi connectivity index (χ3n) is 7.33. The molecule has 0 radical (unpaired) electrons. The lowest BCUT2D eigenvalue weighted by atomic mass is 9.67. The van der Waals surface area contributed by atoms with E-state index in [4.69, 9.17) is 4.98 Å². The maximum absolute atomic E-state index is 4.70. The van der Waals surface area contributed by atoms with Crippen molar-refractivity contribution in [1.82, 2.24) is 14.9 Å². The van der Waals surface area contributed by atoms with Crippen molar-refractivity contribution in [2.75, 3.05) is 49.5 Å². The Morgan fingerprint density at radius 3 is 1.81 bits per heavy atom. The molecule has 2 heterocycles. The van der Waals surface area contributed by atoms with Gasteiger partial charge in [0, 0.05) is 44.3 Å². The molecular weight excluding hydrogens is 454 g/mol. The molecule has 0 spiro atoms. The van der Waals surface area contributed by atoms with Gasteiger partial charge in [-0.05, 0) is 35.7 Å². The van der Waals surface area contributed by atoms with Crippen LogP contribution in [-0.4, -0.2) is 54.1 Å². The van der Waals surface area contributed by atoms with Crippen LogP contribution in [0.4, 0.5) is 11.8 Å². The highest BCUT2D eigenvalue weighted by Gasteiger charge is 2.36. The number of hydrogen-bond acceptors (Lipinski definition) is 5. The molecule has 0 saturated carbocycles. The molecule has 0 atom stereocenters. The predicted molar refractivity (Wildman–Crippen MR) is 153 cm³/mol. The average molecular weight is 490 g/mol. The van der Waals surface area contributed by atoms with E-state index >= 15 is 0 Å². The Bertz CT molecular complexity index is 1160. The van der Waals surface area contributed by atoms with Gasteiger partial charge in [-0.3, -0.25) is 4.90 Å². The van der Waals surface area contributed by atoms with Crippen LogP contribution in [0, 0.1) is 0 Å². The zero-order valence-corrected chi connectivity index (χ0v) is 21.3. The van der Waals surface area contributed by atoms with Crippen LogP contribution in [-0.2, 0) is 5.41 Å². The van der Waals surface area contributed by atoms with E-state index in [2.05, 4.69) is 118 Å². The quantitative estimate of drug-likeness (QED) is 0.231. The SMILES string of the molecule is C=CCNc1ccnc(N2CCN(CCC(c3ccccc3)(c3ccccc3)c3ccccc3)CC2)n1. The second-order valence-corrected chi connectivity index (χ2v) is 9.49. The monoisotopic (exact) mass is 489 g/mol. The van der Waals surface area contributed by atoms with E-state index in [1.807, 2.05) is 18.3 Å². The fraction of sp³-hybridized carbons (Fsp3) is 0.250. The summed E-state index contributed by atoms with van der Waals surface area (Å²) in [4.78, 5) is 14.1. The Labute approximate surface area is 220 Å². The summed E-state index contributed by atoms with van der Waals surface area (Å²) in [6.45, 7) is 9.28. The van der Waals surface area contributed by atoms with Crippen LogP contribution in [0.1, 0.15) is 23.1 Å². The minimum atomic E-state index is -0.213. The molecule has 1 aliphatic heterocycles. The number of nitrogens with one attached hydrogen (secondary N) is 1. The van der Waals surface area contributed by atoms with E-state index in [0.29, 0.717) is 6.54 Å². The fourth-order valence-corrected chi connectivity index (χ4v) is 5.37. The highest BCUT2D eigenvalue weighted by Crippen LogP contribution is 2.42. The second-order valence-electron chi connectivity index (χ2n) is 9.49. The lowest BCUT2D eigenvalue weighted by Crippen LogP contribution is -2.48. The van der Waals surface area contributed by atoms with Crippen LogP contribution in [0.5, 0.6) is 0 Å². The van der Waals surface area contributed by atoms with Crippen molar-refractivity contribution < 1.29 is 0 Å². The van der Waals surface area contributed by atoms with Gasteiger partial charge in [0.25, 0.3) is 0 Å². The summed E-state index contributed by atoms with van der Waals surface area (Å²) in [6.07, 6.45) is 4.66. The van der Waals surface area contributed by atoms with Crippen LogP contribution < -0.4 is 10.2 Å². The number of nitrogens with zero attached hydrogens (tertiary/aromatic N) is 4. The van der Waals surface area contributed by atoms with Gasteiger partial charge in [-0.25, -0.2) is 4.98 Å². The summed E-state index contributed by atoms with van der Waals surface area (Å²) in [5.74, 6) is 1.63. The van der Waals surface area contributed by atoms with Gasteiger partial charge in [-0.1, -0.05) is 97.1 Å². The first-order valence-corrected chi connectivity index (χ1v) is 13.1. The van der Waals surface area contributed by atoms with Crippen LogP contribution in [0.15, 0.2) is 116 Å². The van der Waals surface area contributed by atoms with Crippen LogP contribution in [0.3, 0.4) is 0 Å². The van der Waals surface area contributed by atoms with Crippen LogP contribution >= 0.6 is 0 Å². The Morgan fingerprint density at radius 2 is 1.30 bits per heavy atom. The lowest BCUT2D eigenvalue weighted by Gasteiger charge is -2.40. The van der Waals surface area contributed by atoms with E-state index in [0.717, 1.165) is 50.9 Å². The standard InChI is InChI=1S/C32H35N5/c1-2-20-33-30-18-21-34-31(35-30)37-25-23-36(24-26-37)22-19-32(27-12-6-3-7-13-27,28-14-8-4-9-15-28)29-16-10-5-11-17-29/h2-18,21H,1,19-20,22-26H2,(H,33,34,35). The maximum atomic E-state index is 4.70. The first kappa shape index (κ1) is 24.7. The van der Waals surface area contributed by atoms with Crippen molar-refractivity contribution in [3.8, 4) is 0 Å². The summed E-state index contributed by atoms with van der Waals surface area (Å²) >= 11 is 0. The van der Waals surface area contributed by atoms with Gasteiger partial charge in [0.1, 0.15) is 5.82 Å². The van der Waals surface area contributed by atoms with Crippen molar-refractivity contribution in [1.29, 1.82) is 0 Å². The molecule has 1 aromatic heterocycles. The molecule has 1 N–H and O–H groups in total. The van der Waals surface area contributed by atoms with Gasteiger partial charge in [-0.15, -0.1) is 6.58 Å². The van der Waals surface area contributed by atoms with Crippen molar-refractivity contribution in [2.45, 2.75) is 11.8 Å². The Hall–Kier alpha value is -3.96. The minimum Gasteiger partial charge on any atom is -0.366 e. The zero-order chi connectivity index (χ0) is 25.3. The Balaban J connectivity index is 1.35. The average Bonchev–Trinajstić information content (AvgIpc) is 2.98. The van der Waals surface area contributed by atoms with Gasteiger partial charge >= 0.3 is 0 Å². The number of piperazine rings is 1. The summed E-state index contributed by atoms with van der Waals surface area (Å²) < 4.78 is 0. The normalized spacial score (nSPS) is 14.3. The topological polar surface area (TPSA) is 44.3 Å². The molecule has 0 unspecified atom stereocenters. The van der Waals surface area contributed by atoms with Crippen LogP contribution in [0.2, 0.25) is 0 Å². The van der Waals surface area contributed by atoms with E-state index in [9.17, 15) is 0 Å². The summed E-state index contributed by atoms with van der Waals surface area (Å²) in [5.41, 5.74) is 3.80. The fourth-order valence-electron chi connectivity index (χ4n) is 5.37. The lowest BCUT2D eigenvalue weighted by molar-refractivity contribution is 0.241. The van der Waals surface area contributed by atoms with Gasteiger partial charge in [0.05, 0.1) is 0 Å². The molecular formula is C32H35N5. The number of aromatic nitrogens is 2. The highest BCUT2D eigenvalue weighted by atomic mass is 15.3.